The van der Waals surface area contributed by atoms with E-state index in [9.17, 15) is 0 Å². The smallest absolute Gasteiger partial charge is 0.142 e. The van der Waals surface area contributed by atoms with Crippen LogP contribution in [-0.4, -0.2) is 16.8 Å². The molecular weight excluding hydrogens is 298 g/mol. The lowest BCUT2D eigenvalue weighted by molar-refractivity contribution is 0.327. The normalized spacial score (nSPS) is 12.5. The van der Waals surface area contributed by atoms with Crippen molar-refractivity contribution in [2.45, 2.75) is 4.83 Å². The van der Waals surface area contributed by atoms with Crippen LogP contribution in [0.4, 0.5) is 5.69 Å². The highest BCUT2D eigenvalue weighted by atomic mass is 79.9. The van der Waals surface area contributed by atoms with Gasteiger partial charge in [-0.25, -0.2) is 0 Å². The van der Waals surface area contributed by atoms with Crippen molar-refractivity contribution in [3.63, 3.8) is 0 Å². The van der Waals surface area contributed by atoms with Crippen LogP contribution in [0.15, 0.2) is 24.3 Å². The Morgan fingerprint density at radius 3 is 2.69 bits per heavy atom. The zero-order valence-electron chi connectivity index (χ0n) is 7.04. The van der Waals surface area contributed by atoms with Crippen molar-refractivity contribution in [3.8, 4) is 5.75 Å². The number of halogens is 2. The Kier molecular flexibility index (Phi) is 4.59. The van der Waals surface area contributed by atoms with E-state index in [4.69, 9.17) is 10.5 Å². The third-order valence-corrected chi connectivity index (χ3v) is 3.74. The molecule has 4 heteroatoms. The van der Waals surface area contributed by atoms with E-state index in [1.807, 2.05) is 24.3 Å². The molecule has 72 valence electrons. The lowest BCUT2D eigenvalue weighted by atomic mass is 10.3. The molecule has 0 bridgehead atoms. The maximum Gasteiger partial charge on any atom is 0.142 e. The van der Waals surface area contributed by atoms with E-state index in [1.54, 1.807) is 0 Å². The molecule has 1 rings (SSSR count). The van der Waals surface area contributed by atoms with Crippen LogP contribution in [-0.2, 0) is 0 Å². The van der Waals surface area contributed by atoms with Crippen LogP contribution in [0.3, 0.4) is 0 Å². The molecule has 13 heavy (non-hydrogen) atoms. The second kappa shape index (κ2) is 5.50. The van der Waals surface area contributed by atoms with Gasteiger partial charge in [0.15, 0.2) is 0 Å². The fraction of sp³-hybridized carbons (Fsp3) is 0.333. The first-order chi connectivity index (χ1) is 6.24. The summed E-state index contributed by atoms with van der Waals surface area (Å²) in [5.41, 5.74) is 6.37. The van der Waals surface area contributed by atoms with Crippen molar-refractivity contribution >= 4 is 37.5 Å². The van der Waals surface area contributed by atoms with Crippen molar-refractivity contribution in [2.24, 2.45) is 0 Å². The van der Waals surface area contributed by atoms with Gasteiger partial charge in [0.2, 0.25) is 0 Å². The maximum absolute atomic E-state index is 5.70. The number of nitrogen functional groups attached to an aromatic ring is 1. The van der Waals surface area contributed by atoms with Gasteiger partial charge in [0.1, 0.15) is 12.4 Å². The first-order valence-electron chi connectivity index (χ1n) is 3.91. The molecule has 0 spiro atoms. The van der Waals surface area contributed by atoms with Gasteiger partial charge >= 0.3 is 0 Å². The Bertz CT molecular complexity index is 268. The fourth-order valence-electron chi connectivity index (χ4n) is 0.837. The van der Waals surface area contributed by atoms with Crippen LogP contribution < -0.4 is 10.5 Å². The Balaban J connectivity index is 2.50. The molecule has 0 heterocycles. The third-order valence-electron chi connectivity index (χ3n) is 1.51. The molecule has 1 aromatic carbocycles. The standard InChI is InChI=1S/C9H11Br2NO/c10-5-7(11)6-13-9-4-2-1-3-8(9)12/h1-4,7H,5-6,12H2. The highest BCUT2D eigenvalue weighted by Crippen LogP contribution is 2.20. The van der Waals surface area contributed by atoms with Crippen LogP contribution in [0, 0.1) is 0 Å². The molecule has 2 N–H and O–H groups in total. The lowest BCUT2D eigenvalue weighted by Gasteiger charge is -2.10. The van der Waals surface area contributed by atoms with Crippen molar-refractivity contribution in [2.75, 3.05) is 17.7 Å². The second-order valence-electron chi connectivity index (χ2n) is 2.60. The molecule has 0 aliphatic carbocycles. The van der Waals surface area contributed by atoms with Crippen LogP contribution in [0.25, 0.3) is 0 Å². The molecule has 1 unspecified atom stereocenters. The summed E-state index contributed by atoms with van der Waals surface area (Å²) < 4.78 is 5.49. The highest BCUT2D eigenvalue weighted by Gasteiger charge is 2.04. The van der Waals surface area contributed by atoms with Gasteiger partial charge in [0, 0.05) is 5.33 Å². The van der Waals surface area contributed by atoms with Gasteiger partial charge in [-0.3, -0.25) is 0 Å². The highest BCUT2D eigenvalue weighted by molar-refractivity contribution is 9.12. The summed E-state index contributed by atoms with van der Waals surface area (Å²) in [7, 11) is 0. The quantitative estimate of drug-likeness (QED) is 0.686. The molecule has 0 saturated heterocycles. The van der Waals surface area contributed by atoms with Crippen LogP contribution in [0.1, 0.15) is 0 Å². The number of benzene rings is 1. The van der Waals surface area contributed by atoms with E-state index in [1.165, 1.54) is 0 Å². The summed E-state index contributed by atoms with van der Waals surface area (Å²) in [6, 6.07) is 7.48. The second-order valence-corrected chi connectivity index (χ2v) is 4.54. The summed E-state index contributed by atoms with van der Waals surface area (Å²) in [6.45, 7) is 0.611. The number of hydrogen-bond donors (Lipinski definition) is 1. The van der Waals surface area contributed by atoms with Crippen molar-refractivity contribution < 1.29 is 4.74 Å². The number of anilines is 1. The third kappa shape index (κ3) is 3.56. The molecule has 0 saturated carbocycles. The fourth-order valence-corrected chi connectivity index (χ4v) is 1.16. The zero-order valence-corrected chi connectivity index (χ0v) is 10.2. The van der Waals surface area contributed by atoms with E-state index in [2.05, 4.69) is 31.9 Å². The predicted molar refractivity (Wildman–Crippen MR) is 62.9 cm³/mol. The number of rotatable bonds is 4. The topological polar surface area (TPSA) is 35.2 Å². The van der Waals surface area contributed by atoms with E-state index in [-0.39, 0.29) is 0 Å². The first-order valence-corrected chi connectivity index (χ1v) is 5.95. The van der Waals surface area contributed by atoms with Crippen LogP contribution >= 0.6 is 31.9 Å². The van der Waals surface area contributed by atoms with Crippen LogP contribution in [0.2, 0.25) is 0 Å². The van der Waals surface area contributed by atoms with Gasteiger partial charge < -0.3 is 10.5 Å². The average molecular weight is 309 g/mol. The predicted octanol–water partition coefficient (Wildman–Crippen LogP) is 2.81. The van der Waals surface area contributed by atoms with Gasteiger partial charge in [-0.15, -0.1) is 0 Å². The molecule has 0 fully saturated rings. The molecule has 1 atom stereocenters. The number of alkyl halides is 2. The molecule has 0 aliphatic heterocycles. The van der Waals surface area contributed by atoms with E-state index in [0.29, 0.717) is 17.1 Å². The summed E-state index contributed by atoms with van der Waals surface area (Å²) in [5, 5.41) is 0.861. The molecule has 0 aromatic heterocycles. The Labute approximate surface area is 94.7 Å². The number of hydrogen-bond acceptors (Lipinski definition) is 2. The van der Waals surface area contributed by atoms with Gasteiger partial charge in [-0.2, -0.15) is 0 Å². The SMILES string of the molecule is Nc1ccccc1OCC(Br)CBr. The lowest BCUT2D eigenvalue weighted by Crippen LogP contribution is -2.12. The molecular formula is C9H11Br2NO. The van der Waals surface area contributed by atoms with E-state index in [0.717, 1.165) is 11.1 Å². The summed E-state index contributed by atoms with van der Waals surface area (Å²) in [6.07, 6.45) is 0. The molecule has 0 radical (unpaired) electrons. The van der Waals surface area contributed by atoms with E-state index >= 15 is 0 Å². The van der Waals surface area contributed by atoms with Gasteiger partial charge in [-0.05, 0) is 12.1 Å². The average Bonchev–Trinajstić information content (AvgIpc) is 2.16. The van der Waals surface area contributed by atoms with Gasteiger partial charge in [-0.1, -0.05) is 44.0 Å². The summed E-state index contributed by atoms with van der Waals surface area (Å²) in [4.78, 5) is 0.312. The van der Waals surface area contributed by atoms with Gasteiger partial charge in [0.05, 0.1) is 10.5 Å². The zero-order chi connectivity index (χ0) is 9.68. The molecule has 0 aliphatic rings. The largest absolute Gasteiger partial charge is 0.490 e. The summed E-state index contributed by atoms with van der Waals surface area (Å²) >= 11 is 6.79. The molecule has 2 nitrogen and oxygen atoms in total. The number of ether oxygens (including phenoxy) is 1. The number of para-hydroxylation sites is 2. The van der Waals surface area contributed by atoms with Crippen molar-refractivity contribution in [3.05, 3.63) is 24.3 Å². The summed E-state index contributed by atoms with van der Waals surface area (Å²) in [5.74, 6) is 0.743. The Hall–Kier alpha value is -0.220. The minimum Gasteiger partial charge on any atom is -0.490 e. The minimum atomic E-state index is 0.312. The monoisotopic (exact) mass is 307 g/mol. The van der Waals surface area contributed by atoms with Crippen LogP contribution in [0.5, 0.6) is 5.75 Å². The molecule has 0 amide bonds. The van der Waals surface area contributed by atoms with Crippen molar-refractivity contribution in [1.29, 1.82) is 0 Å². The Morgan fingerprint density at radius 1 is 1.38 bits per heavy atom. The first kappa shape index (κ1) is 10.9. The van der Waals surface area contributed by atoms with Crippen molar-refractivity contribution in [1.82, 2.24) is 0 Å². The minimum absolute atomic E-state index is 0.312. The Morgan fingerprint density at radius 2 is 2.08 bits per heavy atom. The van der Waals surface area contributed by atoms with E-state index < -0.39 is 0 Å². The molecule has 1 aromatic rings. The number of nitrogens with two attached hydrogens (primary N) is 1. The van der Waals surface area contributed by atoms with Gasteiger partial charge in [0.25, 0.3) is 0 Å². The maximum atomic E-state index is 5.70.